The second kappa shape index (κ2) is 8.32. The molecule has 0 bridgehead atoms. The lowest BCUT2D eigenvalue weighted by molar-refractivity contribution is 0.0892. The van der Waals surface area contributed by atoms with Crippen molar-refractivity contribution in [3.8, 4) is 0 Å². The van der Waals surface area contributed by atoms with Crippen LogP contribution in [0.3, 0.4) is 0 Å². The molecule has 1 saturated heterocycles. The predicted molar refractivity (Wildman–Crippen MR) is 82.2 cm³/mol. The highest BCUT2D eigenvalue weighted by Crippen LogP contribution is 2.25. The minimum atomic E-state index is -0.155. The number of nitrogens with zero attached hydrogens (tertiary/aromatic N) is 1. The van der Waals surface area contributed by atoms with Crippen molar-refractivity contribution in [3.63, 3.8) is 0 Å². The first-order valence-electron chi connectivity index (χ1n) is 7.50. The molecule has 21 heavy (non-hydrogen) atoms. The maximum absolute atomic E-state index is 14.3. The summed E-state index contributed by atoms with van der Waals surface area (Å²) in [6.07, 6.45) is 2.29. The van der Waals surface area contributed by atoms with E-state index in [0.717, 1.165) is 38.0 Å². The number of ether oxygens (including phenoxy) is 2. The summed E-state index contributed by atoms with van der Waals surface area (Å²) >= 11 is 0. The van der Waals surface area contributed by atoms with Crippen LogP contribution in [0.15, 0.2) is 18.2 Å². The number of nitrogens with one attached hydrogen (secondary N) is 1. The quantitative estimate of drug-likeness (QED) is 0.782. The molecule has 0 aliphatic carbocycles. The van der Waals surface area contributed by atoms with Crippen LogP contribution in [0.4, 0.5) is 10.1 Å². The van der Waals surface area contributed by atoms with Crippen LogP contribution in [0.5, 0.6) is 0 Å². The van der Waals surface area contributed by atoms with E-state index in [1.807, 2.05) is 12.1 Å². The zero-order chi connectivity index (χ0) is 15.1. The van der Waals surface area contributed by atoms with Gasteiger partial charge in [-0.3, -0.25) is 0 Å². The molecule has 0 radical (unpaired) electrons. The van der Waals surface area contributed by atoms with Crippen molar-refractivity contribution >= 4 is 5.69 Å². The monoisotopic (exact) mass is 296 g/mol. The lowest BCUT2D eigenvalue weighted by Crippen LogP contribution is -2.39. The molecule has 1 atom stereocenters. The standard InChI is InChI=1S/C16H25FN2O2/c1-20-9-7-18-11-13-5-6-16(15(17)10-13)19-8-3-4-14(12-19)21-2/h5-6,10,14,18H,3-4,7-9,11-12H2,1-2H3. The Kier molecular flexibility index (Phi) is 6.42. The van der Waals surface area contributed by atoms with Gasteiger partial charge >= 0.3 is 0 Å². The Morgan fingerprint density at radius 3 is 2.95 bits per heavy atom. The Bertz CT molecular complexity index is 442. The smallest absolute Gasteiger partial charge is 0.146 e. The Morgan fingerprint density at radius 2 is 2.24 bits per heavy atom. The molecule has 0 amide bonds. The number of rotatable bonds is 7. The normalized spacial score (nSPS) is 19.0. The number of piperidine rings is 1. The first kappa shape index (κ1) is 16.2. The molecule has 4 nitrogen and oxygen atoms in total. The van der Waals surface area contributed by atoms with Gasteiger partial charge in [-0.2, -0.15) is 0 Å². The van der Waals surface area contributed by atoms with E-state index in [-0.39, 0.29) is 11.9 Å². The van der Waals surface area contributed by atoms with Crippen LogP contribution in [0.2, 0.25) is 0 Å². The van der Waals surface area contributed by atoms with E-state index in [0.29, 0.717) is 18.8 Å². The van der Waals surface area contributed by atoms with E-state index >= 15 is 0 Å². The molecule has 0 spiro atoms. The van der Waals surface area contributed by atoms with Gasteiger partial charge in [0.05, 0.1) is 18.4 Å². The molecule has 1 aliphatic rings. The lowest BCUT2D eigenvalue weighted by atomic mass is 10.1. The SMILES string of the molecule is COCCNCc1ccc(N2CCCC(OC)C2)c(F)c1. The van der Waals surface area contributed by atoms with Gasteiger partial charge in [-0.1, -0.05) is 6.07 Å². The molecule has 1 aliphatic heterocycles. The van der Waals surface area contributed by atoms with Crippen LogP contribution >= 0.6 is 0 Å². The van der Waals surface area contributed by atoms with E-state index in [4.69, 9.17) is 9.47 Å². The summed E-state index contributed by atoms with van der Waals surface area (Å²) in [7, 11) is 3.39. The second-order valence-electron chi connectivity index (χ2n) is 5.40. The van der Waals surface area contributed by atoms with Crippen LogP contribution in [0, 0.1) is 5.82 Å². The summed E-state index contributed by atoms with van der Waals surface area (Å²) in [4.78, 5) is 2.08. The van der Waals surface area contributed by atoms with Crippen molar-refractivity contribution < 1.29 is 13.9 Å². The van der Waals surface area contributed by atoms with Crippen molar-refractivity contribution in [1.82, 2.24) is 5.32 Å². The van der Waals surface area contributed by atoms with Gasteiger partial charge in [0.1, 0.15) is 5.82 Å². The van der Waals surface area contributed by atoms with Crippen molar-refractivity contribution in [2.45, 2.75) is 25.5 Å². The van der Waals surface area contributed by atoms with Gasteiger partial charge in [0.2, 0.25) is 0 Å². The van der Waals surface area contributed by atoms with Crippen molar-refractivity contribution in [1.29, 1.82) is 0 Å². The molecule has 1 aromatic rings. The van der Waals surface area contributed by atoms with E-state index in [2.05, 4.69) is 10.2 Å². The van der Waals surface area contributed by atoms with Gasteiger partial charge < -0.3 is 19.7 Å². The van der Waals surface area contributed by atoms with Crippen LogP contribution < -0.4 is 10.2 Å². The fraction of sp³-hybridized carbons (Fsp3) is 0.625. The molecule has 2 rings (SSSR count). The lowest BCUT2D eigenvalue weighted by Gasteiger charge is -2.33. The van der Waals surface area contributed by atoms with Gasteiger partial charge in [0.15, 0.2) is 0 Å². The maximum atomic E-state index is 14.3. The Morgan fingerprint density at radius 1 is 1.38 bits per heavy atom. The van der Waals surface area contributed by atoms with Gasteiger partial charge in [-0.05, 0) is 30.5 Å². The van der Waals surface area contributed by atoms with Crippen molar-refractivity contribution in [3.05, 3.63) is 29.6 Å². The number of benzene rings is 1. The van der Waals surface area contributed by atoms with E-state index < -0.39 is 0 Å². The van der Waals surface area contributed by atoms with Gasteiger partial charge in [0, 0.05) is 40.4 Å². The van der Waals surface area contributed by atoms with Crippen LogP contribution in [0.1, 0.15) is 18.4 Å². The molecule has 1 unspecified atom stereocenters. The Balaban J connectivity index is 1.95. The first-order valence-corrected chi connectivity index (χ1v) is 7.50. The first-order chi connectivity index (χ1) is 10.2. The topological polar surface area (TPSA) is 33.7 Å². The predicted octanol–water partition coefficient (Wildman–Crippen LogP) is 2.18. The third-order valence-electron chi connectivity index (χ3n) is 3.88. The molecule has 0 saturated carbocycles. The molecule has 1 aromatic carbocycles. The highest BCUT2D eigenvalue weighted by atomic mass is 19.1. The van der Waals surface area contributed by atoms with Crippen molar-refractivity contribution in [2.75, 3.05) is 45.4 Å². The third-order valence-corrected chi connectivity index (χ3v) is 3.88. The van der Waals surface area contributed by atoms with E-state index in [1.54, 1.807) is 20.3 Å². The summed E-state index contributed by atoms with van der Waals surface area (Å²) in [6, 6.07) is 5.47. The minimum absolute atomic E-state index is 0.155. The summed E-state index contributed by atoms with van der Waals surface area (Å²) < 4.78 is 24.7. The zero-order valence-electron chi connectivity index (χ0n) is 12.9. The van der Waals surface area contributed by atoms with Crippen LogP contribution in [0.25, 0.3) is 0 Å². The summed E-state index contributed by atoms with van der Waals surface area (Å²) in [5.74, 6) is -0.155. The fourth-order valence-corrected chi connectivity index (χ4v) is 2.67. The van der Waals surface area contributed by atoms with Gasteiger partial charge in [-0.15, -0.1) is 0 Å². The number of methoxy groups -OCH3 is 2. The number of hydrogen-bond donors (Lipinski definition) is 1. The minimum Gasteiger partial charge on any atom is -0.383 e. The molecule has 0 aromatic heterocycles. The Labute approximate surface area is 126 Å². The molecule has 5 heteroatoms. The summed E-state index contributed by atoms with van der Waals surface area (Å²) in [5.41, 5.74) is 1.63. The highest BCUT2D eigenvalue weighted by molar-refractivity contribution is 5.49. The average Bonchev–Trinajstić information content (AvgIpc) is 2.52. The average molecular weight is 296 g/mol. The molecule has 1 fully saturated rings. The van der Waals surface area contributed by atoms with Crippen LogP contribution in [-0.4, -0.2) is 46.6 Å². The third kappa shape index (κ3) is 4.66. The molecular formula is C16H25FN2O2. The van der Waals surface area contributed by atoms with E-state index in [9.17, 15) is 4.39 Å². The number of halogens is 1. The maximum Gasteiger partial charge on any atom is 0.146 e. The Hall–Kier alpha value is -1.17. The molecule has 1 heterocycles. The second-order valence-corrected chi connectivity index (χ2v) is 5.40. The van der Waals surface area contributed by atoms with Crippen LogP contribution in [-0.2, 0) is 16.0 Å². The number of anilines is 1. The van der Waals surface area contributed by atoms with E-state index in [1.165, 1.54) is 0 Å². The largest absolute Gasteiger partial charge is 0.383 e. The highest BCUT2D eigenvalue weighted by Gasteiger charge is 2.21. The zero-order valence-corrected chi connectivity index (χ0v) is 12.9. The number of hydrogen-bond acceptors (Lipinski definition) is 4. The fourth-order valence-electron chi connectivity index (χ4n) is 2.67. The summed E-state index contributed by atoms with van der Waals surface area (Å²) in [6.45, 7) is 3.73. The van der Waals surface area contributed by atoms with Gasteiger partial charge in [0.25, 0.3) is 0 Å². The van der Waals surface area contributed by atoms with Gasteiger partial charge in [-0.25, -0.2) is 4.39 Å². The molecule has 1 N–H and O–H groups in total. The molecule has 118 valence electrons. The molecular weight excluding hydrogens is 271 g/mol. The summed E-state index contributed by atoms with van der Waals surface area (Å²) in [5, 5.41) is 3.22. The van der Waals surface area contributed by atoms with Crippen molar-refractivity contribution in [2.24, 2.45) is 0 Å².